The number of alkyl halides is 3. The summed E-state index contributed by atoms with van der Waals surface area (Å²) in [6.07, 6.45) is 1.51. The maximum Gasteiger partial charge on any atom is 0.416 e. The lowest BCUT2D eigenvalue weighted by Crippen LogP contribution is -2.33. The Balaban J connectivity index is 1.22. The van der Waals surface area contributed by atoms with Crippen molar-refractivity contribution in [3.05, 3.63) is 65.0 Å². The number of likely N-dealkylation sites (tertiary alicyclic amines) is 1. The van der Waals surface area contributed by atoms with E-state index >= 15 is 0 Å². The topological polar surface area (TPSA) is 90.8 Å². The van der Waals surface area contributed by atoms with Crippen molar-refractivity contribution in [1.29, 1.82) is 0 Å². The van der Waals surface area contributed by atoms with Crippen LogP contribution in [0.5, 0.6) is 0 Å². The normalized spacial score (nSPS) is 23.2. The lowest BCUT2D eigenvalue weighted by atomic mass is 9.74. The Morgan fingerprint density at radius 2 is 1.75 bits per heavy atom. The highest BCUT2D eigenvalue weighted by molar-refractivity contribution is 5.98. The molecule has 216 valence electrons. The van der Waals surface area contributed by atoms with Crippen LogP contribution in [0.4, 0.5) is 13.2 Å². The summed E-state index contributed by atoms with van der Waals surface area (Å²) in [5, 5.41) is 11.2. The molecule has 1 aromatic heterocycles. The van der Waals surface area contributed by atoms with Crippen molar-refractivity contribution < 1.29 is 32.7 Å². The summed E-state index contributed by atoms with van der Waals surface area (Å²) in [6.45, 7) is 1.22. The molecule has 2 fully saturated rings. The smallest absolute Gasteiger partial charge is 0.384 e. The number of pyridine rings is 1. The van der Waals surface area contributed by atoms with Crippen LogP contribution in [0, 0.1) is 11.8 Å². The predicted octanol–water partition coefficient (Wildman–Crippen LogP) is 5.08. The molecule has 1 aliphatic carbocycles. The van der Waals surface area contributed by atoms with E-state index in [4.69, 9.17) is 0 Å². The first kappa shape index (κ1) is 29.7. The second-order valence-electron chi connectivity index (χ2n) is 11.3. The number of Topliss-reactive ketones (excluding diaryl/α,β-unsaturated/α-hetero) is 1. The van der Waals surface area contributed by atoms with Crippen LogP contribution in [0.25, 0.3) is 0 Å². The minimum absolute atomic E-state index is 0.0236. The average Bonchev–Trinajstić information content (AvgIpc) is 3.40. The maximum absolute atomic E-state index is 12.9. The number of carbonyl (C=O) groups excluding carboxylic acids is 3. The molecule has 1 atom stereocenters. The van der Waals surface area contributed by atoms with E-state index in [-0.39, 0.29) is 30.2 Å². The van der Waals surface area contributed by atoms with Gasteiger partial charge in [0.25, 0.3) is 5.91 Å². The second kappa shape index (κ2) is 12.1. The summed E-state index contributed by atoms with van der Waals surface area (Å²) in [7, 11) is 3.35. The van der Waals surface area contributed by atoms with Crippen LogP contribution in [-0.2, 0) is 16.6 Å². The second-order valence-corrected chi connectivity index (χ2v) is 11.3. The SMILES string of the molecule is CN(C)C(=O)c1ccc(C2(O)CCC(CC3CCN(C(=O)CCC(=O)c4cccc(C(F)(F)F)c4)C3)CC2)nc1. The van der Waals surface area contributed by atoms with Gasteiger partial charge in [-0.25, -0.2) is 0 Å². The Morgan fingerprint density at radius 1 is 1.02 bits per heavy atom. The molecule has 2 amide bonds. The third-order valence-corrected chi connectivity index (χ3v) is 8.21. The number of halogens is 3. The standard InChI is InChI=1S/C30H36F3N3O4/c1-35(2)28(39)23-6-8-26(34-18-23)29(40)13-10-20(11-14-29)16-21-12-15-36(19-21)27(38)9-7-25(37)22-4-3-5-24(17-22)30(31,32)33/h3-6,8,17-18,20-21,40H,7,9-16,19H2,1-2H3. The zero-order chi connectivity index (χ0) is 29.1. The van der Waals surface area contributed by atoms with Gasteiger partial charge in [-0.3, -0.25) is 19.4 Å². The molecule has 0 radical (unpaired) electrons. The van der Waals surface area contributed by atoms with Gasteiger partial charge in [-0.15, -0.1) is 0 Å². The van der Waals surface area contributed by atoms with Crippen LogP contribution in [-0.4, -0.2) is 64.7 Å². The molecule has 1 N–H and O–H groups in total. The molecule has 1 saturated heterocycles. The maximum atomic E-state index is 12.9. The number of rotatable bonds is 8. The van der Waals surface area contributed by atoms with E-state index in [9.17, 15) is 32.7 Å². The molecule has 0 spiro atoms. The lowest BCUT2D eigenvalue weighted by Gasteiger charge is -2.36. The van der Waals surface area contributed by atoms with Crippen LogP contribution >= 0.6 is 0 Å². The summed E-state index contributed by atoms with van der Waals surface area (Å²) < 4.78 is 38.8. The number of amides is 2. The van der Waals surface area contributed by atoms with Gasteiger partial charge in [0.05, 0.1) is 16.8 Å². The van der Waals surface area contributed by atoms with E-state index in [2.05, 4.69) is 4.98 Å². The average molecular weight is 560 g/mol. The number of hydrogen-bond donors (Lipinski definition) is 1. The molecule has 7 nitrogen and oxygen atoms in total. The molecular weight excluding hydrogens is 523 g/mol. The van der Waals surface area contributed by atoms with Crippen molar-refractivity contribution in [3.63, 3.8) is 0 Å². The van der Waals surface area contributed by atoms with Crippen LogP contribution < -0.4 is 0 Å². The summed E-state index contributed by atoms with van der Waals surface area (Å²) in [6, 6.07) is 7.73. The highest BCUT2D eigenvalue weighted by Gasteiger charge is 2.38. The fourth-order valence-corrected chi connectivity index (χ4v) is 5.82. The number of carbonyl (C=O) groups is 3. The molecule has 0 bridgehead atoms. The quantitative estimate of drug-likeness (QED) is 0.456. The molecule has 2 heterocycles. The van der Waals surface area contributed by atoms with Gasteiger partial charge < -0.3 is 14.9 Å². The van der Waals surface area contributed by atoms with Crippen molar-refractivity contribution >= 4 is 17.6 Å². The van der Waals surface area contributed by atoms with Crippen molar-refractivity contribution in [2.45, 2.75) is 63.1 Å². The van der Waals surface area contributed by atoms with Crippen molar-refractivity contribution in [2.75, 3.05) is 27.2 Å². The Kier molecular flexibility index (Phi) is 8.97. The Labute approximate surface area is 232 Å². The monoisotopic (exact) mass is 559 g/mol. The molecule has 10 heteroatoms. The van der Waals surface area contributed by atoms with Gasteiger partial charge in [0.15, 0.2) is 5.78 Å². The minimum Gasteiger partial charge on any atom is -0.384 e. The number of aromatic nitrogens is 1. The fraction of sp³-hybridized carbons (Fsp3) is 0.533. The number of nitrogens with zero attached hydrogens (tertiary/aromatic N) is 3. The minimum atomic E-state index is -4.52. The summed E-state index contributed by atoms with van der Waals surface area (Å²) >= 11 is 0. The van der Waals surface area contributed by atoms with Crippen molar-refractivity contribution in [3.8, 4) is 0 Å². The number of ketones is 1. The zero-order valence-electron chi connectivity index (χ0n) is 22.9. The zero-order valence-corrected chi connectivity index (χ0v) is 22.9. The molecule has 2 aliphatic rings. The summed E-state index contributed by atoms with van der Waals surface area (Å²) in [4.78, 5) is 44.9. The number of aliphatic hydroxyl groups is 1. The van der Waals surface area contributed by atoms with Crippen molar-refractivity contribution in [1.82, 2.24) is 14.8 Å². The van der Waals surface area contributed by atoms with Gasteiger partial charge >= 0.3 is 6.18 Å². The van der Waals surface area contributed by atoms with E-state index in [0.717, 1.165) is 37.8 Å². The molecular formula is C30H36F3N3O4. The highest BCUT2D eigenvalue weighted by atomic mass is 19.4. The molecule has 40 heavy (non-hydrogen) atoms. The third kappa shape index (κ3) is 7.08. The van der Waals surface area contributed by atoms with Crippen LogP contribution in [0.2, 0.25) is 0 Å². The Morgan fingerprint density at radius 3 is 2.38 bits per heavy atom. The molecule has 2 aromatic rings. The van der Waals surface area contributed by atoms with Gasteiger partial charge in [0.1, 0.15) is 5.60 Å². The van der Waals surface area contributed by atoms with Gasteiger partial charge in [0.2, 0.25) is 5.91 Å². The van der Waals surface area contributed by atoms with E-state index in [1.54, 1.807) is 31.1 Å². The van der Waals surface area contributed by atoms with E-state index in [0.29, 0.717) is 49.0 Å². The third-order valence-electron chi connectivity index (χ3n) is 8.21. The Bertz CT molecular complexity index is 1220. The van der Waals surface area contributed by atoms with E-state index < -0.39 is 23.1 Å². The predicted molar refractivity (Wildman–Crippen MR) is 142 cm³/mol. The van der Waals surface area contributed by atoms with Crippen molar-refractivity contribution in [2.24, 2.45) is 11.8 Å². The van der Waals surface area contributed by atoms with Gasteiger partial charge in [0, 0.05) is 51.8 Å². The lowest BCUT2D eigenvalue weighted by molar-refractivity contribution is -0.137. The molecule has 1 aromatic carbocycles. The van der Waals surface area contributed by atoms with Crippen LogP contribution in [0.15, 0.2) is 42.6 Å². The number of benzene rings is 1. The Hall–Kier alpha value is -3.27. The fourth-order valence-electron chi connectivity index (χ4n) is 5.82. The number of hydrogen-bond acceptors (Lipinski definition) is 5. The highest BCUT2D eigenvalue weighted by Crippen LogP contribution is 2.41. The van der Waals surface area contributed by atoms with E-state index in [1.807, 2.05) is 0 Å². The van der Waals surface area contributed by atoms with Crippen LogP contribution in [0.3, 0.4) is 0 Å². The first-order valence-electron chi connectivity index (χ1n) is 13.7. The van der Waals surface area contributed by atoms with E-state index in [1.165, 1.54) is 23.2 Å². The summed E-state index contributed by atoms with van der Waals surface area (Å²) in [5.41, 5.74) is -0.865. The van der Waals surface area contributed by atoms with Gasteiger partial charge in [-0.2, -0.15) is 13.2 Å². The molecule has 1 unspecified atom stereocenters. The van der Waals surface area contributed by atoms with Gasteiger partial charge in [-0.05, 0) is 74.6 Å². The first-order valence-corrected chi connectivity index (χ1v) is 13.7. The van der Waals surface area contributed by atoms with Crippen LogP contribution in [0.1, 0.15) is 83.3 Å². The molecule has 1 saturated carbocycles. The molecule has 1 aliphatic heterocycles. The summed E-state index contributed by atoms with van der Waals surface area (Å²) in [5.74, 6) is 0.00811. The van der Waals surface area contributed by atoms with Gasteiger partial charge in [-0.1, -0.05) is 12.1 Å². The first-order chi connectivity index (χ1) is 18.9. The molecule has 4 rings (SSSR count). The largest absolute Gasteiger partial charge is 0.416 e.